The van der Waals surface area contributed by atoms with Crippen molar-refractivity contribution in [1.29, 1.82) is 0 Å². The van der Waals surface area contributed by atoms with Crippen LogP contribution in [0.1, 0.15) is 21.9 Å². The lowest BCUT2D eigenvalue weighted by Gasteiger charge is -2.13. The number of anilines is 1. The fourth-order valence-corrected chi connectivity index (χ4v) is 4.00. The van der Waals surface area contributed by atoms with E-state index in [9.17, 15) is 9.59 Å². The Balaban J connectivity index is 1.74. The van der Waals surface area contributed by atoms with E-state index in [0.29, 0.717) is 10.8 Å². The number of amides is 1. The smallest absolute Gasteiger partial charge is 0.291 e. The molecule has 29 heavy (non-hydrogen) atoms. The first-order valence-corrected chi connectivity index (χ1v) is 9.88. The van der Waals surface area contributed by atoms with Gasteiger partial charge in [0.05, 0.1) is 11.1 Å². The van der Waals surface area contributed by atoms with Gasteiger partial charge in [-0.3, -0.25) is 19.7 Å². The summed E-state index contributed by atoms with van der Waals surface area (Å²) in [5.41, 5.74) is 6.37. The second kappa shape index (κ2) is 7.17. The zero-order chi connectivity index (χ0) is 20.7. The van der Waals surface area contributed by atoms with Crippen molar-refractivity contribution in [3.63, 3.8) is 0 Å². The number of carbonyl (C=O) groups is 1. The highest BCUT2D eigenvalue weighted by Crippen LogP contribution is 2.29. The molecule has 0 unspecified atom stereocenters. The molecule has 1 aromatic carbocycles. The van der Waals surface area contributed by atoms with Crippen LogP contribution in [0.25, 0.3) is 22.0 Å². The molecule has 0 aliphatic rings. The number of nitrogens with one attached hydrogen (secondary N) is 2. The molecule has 9 heteroatoms. The van der Waals surface area contributed by atoms with Gasteiger partial charge in [0, 0.05) is 41.8 Å². The second-order valence-corrected chi connectivity index (χ2v) is 7.53. The van der Waals surface area contributed by atoms with Crippen molar-refractivity contribution >= 4 is 33.1 Å². The lowest BCUT2D eigenvalue weighted by Crippen LogP contribution is -2.29. The Bertz CT molecular complexity index is 1300. The lowest BCUT2D eigenvalue weighted by atomic mass is 10.1. The lowest BCUT2D eigenvalue weighted by molar-refractivity contribution is 0.100. The Hall–Kier alpha value is -3.46. The minimum absolute atomic E-state index is 0.197. The third-order valence-electron chi connectivity index (χ3n) is 4.81. The number of rotatable bonds is 4. The molecule has 2 N–H and O–H groups in total. The third-order valence-corrected chi connectivity index (χ3v) is 5.67. The SMILES string of the molecule is CNc1nc(-c2cc(C)n(NC(=O)c3nn(C)c(=O)c4ccccc34)c2C)cs1. The molecule has 0 atom stereocenters. The molecule has 148 valence electrons. The minimum atomic E-state index is -0.389. The standard InChI is InChI=1S/C20H20N6O2S/c1-11-9-15(16-10-29-20(21-3)22-16)12(2)26(11)24-18(27)17-13-7-5-6-8-14(13)19(28)25(4)23-17/h5-10H,1-4H3,(H,21,22)(H,24,27). The Labute approximate surface area is 170 Å². The van der Waals surface area contributed by atoms with Crippen LogP contribution >= 0.6 is 11.3 Å². The largest absolute Gasteiger partial charge is 0.365 e. The Kier molecular flexibility index (Phi) is 4.67. The maximum absolute atomic E-state index is 13.1. The number of carbonyl (C=O) groups excluding carboxylic acids is 1. The maximum Gasteiger partial charge on any atom is 0.291 e. The van der Waals surface area contributed by atoms with Gasteiger partial charge in [0.1, 0.15) is 0 Å². The molecular formula is C20H20N6O2S. The van der Waals surface area contributed by atoms with Crippen LogP contribution < -0.4 is 16.3 Å². The molecular weight excluding hydrogens is 388 g/mol. The van der Waals surface area contributed by atoms with Crippen molar-refractivity contribution in [3.05, 3.63) is 63.1 Å². The number of hydrogen-bond donors (Lipinski definition) is 2. The molecule has 1 amide bonds. The third kappa shape index (κ3) is 3.19. The molecule has 0 fully saturated rings. The monoisotopic (exact) mass is 408 g/mol. The van der Waals surface area contributed by atoms with Crippen LogP contribution in [0.5, 0.6) is 0 Å². The fourth-order valence-electron chi connectivity index (χ4n) is 3.33. The second-order valence-electron chi connectivity index (χ2n) is 6.67. The van der Waals surface area contributed by atoms with Gasteiger partial charge in [-0.25, -0.2) is 9.67 Å². The molecule has 4 rings (SSSR count). The van der Waals surface area contributed by atoms with Gasteiger partial charge in [0.2, 0.25) is 0 Å². The first-order chi connectivity index (χ1) is 13.9. The maximum atomic E-state index is 13.1. The van der Waals surface area contributed by atoms with Gasteiger partial charge in [0.25, 0.3) is 11.5 Å². The number of aryl methyl sites for hydroxylation is 2. The van der Waals surface area contributed by atoms with Gasteiger partial charge in [-0.1, -0.05) is 18.2 Å². The van der Waals surface area contributed by atoms with Gasteiger partial charge in [-0.2, -0.15) is 5.10 Å². The number of nitrogens with zero attached hydrogens (tertiary/aromatic N) is 4. The van der Waals surface area contributed by atoms with Crippen molar-refractivity contribution < 1.29 is 4.79 Å². The van der Waals surface area contributed by atoms with Gasteiger partial charge in [-0.05, 0) is 26.0 Å². The van der Waals surface area contributed by atoms with Crippen LogP contribution in [0.4, 0.5) is 5.13 Å². The minimum Gasteiger partial charge on any atom is -0.365 e. The average Bonchev–Trinajstić information content (AvgIpc) is 3.30. The van der Waals surface area contributed by atoms with Crippen molar-refractivity contribution in [2.24, 2.45) is 7.05 Å². The van der Waals surface area contributed by atoms with Crippen LogP contribution in [0.3, 0.4) is 0 Å². The Morgan fingerprint density at radius 3 is 2.59 bits per heavy atom. The van der Waals surface area contributed by atoms with Gasteiger partial charge < -0.3 is 5.32 Å². The summed E-state index contributed by atoms with van der Waals surface area (Å²) in [7, 11) is 3.37. The van der Waals surface area contributed by atoms with Crippen LogP contribution in [-0.2, 0) is 7.05 Å². The van der Waals surface area contributed by atoms with E-state index in [1.54, 1.807) is 28.9 Å². The van der Waals surface area contributed by atoms with Crippen molar-refractivity contribution in [3.8, 4) is 11.3 Å². The molecule has 0 aliphatic carbocycles. The average molecular weight is 408 g/mol. The molecule has 0 aliphatic heterocycles. The summed E-state index contributed by atoms with van der Waals surface area (Å²) in [4.78, 5) is 29.9. The number of thiazole rings is 1. The predicted octanol–water partition coefficient (Wildman–Crippen LogP) is 2.90. The van der Waals surface area contributed by atoms with Crippen LogP contribution in [0, 0.1) is 13.8 Å². The summed E-state index contributed by atoms with van der Waals surface area (Å²) >= 11 is 1.52. The highest BCUT2D eigenvalue weighted by atomic mass is 32.1. The van der Waals surface area contributed by atoms with E-state index in [-0.39, 0.29) is 17.2 Å². The van der Waals surface area contributed by atoms with E-state index in [1.165, 1.54) is 23.1 Å². The zero-order valence-electron chi connectivity index (χ0n) is 16.5. The summed E-state index contributed by atoms with van der Waals surface area (Å²) < 4.78 is 2.91. The van der Waals surface area contributed by atoms with E-state index in [1.807, 2.05) is 32.3 Å². The van der Waals surface area contributed by atoms with Crippen LogP contribution in [0.15, 0.2) is 40.5 Å². The summed E-state index contributed by atoms with van der Waals surface area (Å²) in [5.74, 6) is -0.389. The van der Waals surface area contributed by atoms with Crippen LogP contribution in [0.2, 0.25) is 0 Å². The fraction of sp³-hybridized carbons (Fsp3) is 0.200. The normalized spacial score (nSPS) is 11.0. The van der Waals surface area contributed by atoms with Gasteiger partial charge >= 0.3 is 0 Å². The number of aromatic nitrogens is 4. The number of fused-ring (bicyclic) bond motifs is 1. The quantitative estimate of drug-likeness (QED) is 0.542. The molecule has 0 radical (unpaired) electrons. The van der Waals surface area contributed by atoms with E-state index in [4.69, 9.17) is 0 Å². The highest BCUT2D eigenvalue weighted by Gasteiger charge is 2.19. The van der Waals surface area contributed by atoms with Crippen molar-refractivity contribution in [1.82, 2.24) is 19.4 Å². The number of benzene rings is 1. The summed E-state index contributed by atoms with van der Waals surface area (Å²) in [5, 5.41) is 11.0. The Morgan fingerprint density at radius 1 is 1.17 bits per heavy atom. The molecule has 0 saturated heterocycles. The first-order valence-electron chi connectivity index (χ1n) is 9.00. The van der Waals surface area contributed by atoms with Crippen molar-refractivity contribution in [2.45, 2.75) is 13.8 Å². The van der Waals surface area contributed by atoms with Gasteiger partial charge in [-0.15, -0.1) is 11.3 Å². The highest BCUT2D eigenvalue weighted by molar-refractivity contribution is 7.14. The topological polar surface area (TPSA) is 93.8 Å². The molecule has 0 saturated carbocycles. The van der Waals surface area contributed by atoms with E-state index < -0.39 is 0 Å². The Morgan fingerprint density at radius 2 is 1.90 bits per heavy atom. The zero-order valence-corrected chi connectivity index (χ0v) is 17.3. The molecule has 4 aromatic rings. The van der Waals surface area contributed by atoms with Gasteiger partial charge in [0.15, 0.2) is 10.8 Å². The molecule has 3 aromatic heterocycles. The molecule has 8 nitrogen and oxygen atoms in total. The predicted molar refractivity (Wildman–Crippen MR) is 115 cm³/mol. The first kappa shape index (κ1) is 18.9. The summed E-state index contributed by atoms with van der Waals surface area (Å²) in [6.07, 6.45) is 0. The number of hydrogen-bond acceptors (Lipinski definition) is 6. The molecule has 0 spiro atoms. The molecule has 3 heterocycles. The summed E-state index contributed by atoms with van der Waals surface area (Å²) in [6.45, 7) is 3.84. The molecule has 0 bridgehead atoms. The van der Waals surface area contributed by atoms with E-state index in [0.717, 1.165) is 27.8 Å². The van der Waals surface area contributed by atoms with E-state index in [2.05, 4.69) is 20.8 Å². The van der Waals surface area contributed by atoms with E-state index >= 15 is 0 Å². The van der Waals surface area contributed by atoms with Crippen molar-refractivity contribution in [2.75, 3.05) is 17.8 Å². The summed E-state index contributed by atoms with van der Waals surface area (Å²) in [6, 6.07) is 8.96. The van der Waals surface area contributed by atoms with Crippen LogP contribution in [-0.4, -0.2) is 32.4 Å².